The Labute approximate surface area is 649 Å². The van der Waals surface area contributed by atoms with Gasteiger partial charge in [0.15, 0.2) is 0 Å². The van der Waals surface area contributed by atoms with E-state index in [2.05, 4.69) is 68.3 Å². The van der Waals surface area contributed by atoms with Crippen molar-refractivity contribution in [2.24, 2.45) is 29.6 Å². The summed E-state index contributed by atoms with van der Waals surface area (Å²) in [6, 6.07) is 6.80. The maximum Gasteiger partial charge on any atom is 0.410 e. The Kier molecular flexibility index (Phi) is 38.6. The van der Waals surface area contributed by atoms with Gasteiger partial charge < -0.3 is 66.1 Å². The van der Waals surface area contributed by atoms with Crippen LogP contribution in [0.25, 0.3) is 0 Å². The Morgan fingerprint density at radius 3 is 1.94 bits per heavy atom. The highest BCUT2D eigenvalue weighted by Gasteiger charge is 2.46. The zero-order valence-corrected chi connectivity index (χ0v) is 68.3. The summed E-state index contributed by atoms with van der Waals surface area (Å²) in [6.45, 7) is 22.2. The molecular formula is C77H119IN10O18S. The number of hydrogen-bond acceptors (Lipinski definition) is 17. The molecule has 4 rings (SSSR count). The Bertz CT molecular complexity index is 3310. The van der Waals surface area contributed by atoms with Crippen LogP contribution in [0.2, 0.25) is 0 Å². The lowest BCUT2D eigenvalue weighted by Crippen LogP contribution is -2.60. The molecule has 2 heterocycles. The van der Waals surface area contributed by atoms with Crippen LogP contribution in [0.3, 0.4) is 0 Å². The second-order valence-electron chi connectivity index (χ2n) is 29.6. The molecule has 11 amide bonds. The molecule has 2 unspecified atom stereocenters. The molecule has 8 N–H and O–H groups in total. The maximum atomic E-state index is 14.8. The second-order valence-corrected chi connectivity index (χ2v) is 34.5. The summed E-state index contributed by atoms with van der Waals surface area (Å²) < 4.78 is 17.5. The van der Waals surface area contributed by atoms with Crippen molar-refractivity contribution in [3.63, 3.8) is 0 Å². The van der Waals surface area contributed by atoms with Crippen LogP contribution < -0.4 is 31.9 Å². The fraction of sp³-hybridized carbons (Fsp3) is 0.675. The fourth-order valence-electron chi connectivity index (χ4n) is 13.6. The summed E-state index contributed by atoms with van der Waals surface area (Å²) in [4.78, 5) is 181. The van der Waals surface area contributed by atoms with Gasteiger partial charge >= 0.3 is 18.0 Å². The number of alkyl halides is 1. The number of carboxylic acids is 2. The number of anilines is 1. The molecule has 2 aromatic rings. The molecule has 2 aromatic carbocycles. The van der Waals surface area contributed by atoms with E-state index >= 15 is 0 Å². The lowest BCUT2D eigenvalue weighted by atomic mass is 9.89. The van der Waals surface area contributed by atoms with Gasteiger partial charge in [0.05, 0.1) is 44.6 Å². The number of thioether (sulfide) groups is 1. The number of benzene rings is 2. The van der Waals surface area contributed by atoms with E-state index < -0.39 is 149 Å². The molecule has 0 saturated carbocycles. The molecule has 14 atom stereocenters. The first-order valence-corrected chi connectivity index (χ1v) is 39.5. The van der Waals surface area contributed by atoms with Gasteiger partial charge in [-0.1, -0.05) is 160 Å². The fourth-order valence-corrected chi connectivity index (χ4v) is 16.2. The largest absolute Gasteiger partial charge is 0.481 e. The molecule has 2 saturated heterocycles. The van der Waals surface area contributed by atoms with Crippen molar-refractivity contribution in [3.8, 4) is 0 Å². The van der Waals surface area contributed by atoms with Crippen LogP contribution >= 0.6 is 34.4 Å². The van der Waals surface area contributed by atoms with Crippen molar-refractivity contribution >= 4 is 117 Å². The normalized spacial score (nSPS) is 18.1. The number of carboxylic acid groups (broad SMARTS) is 2. The van der Waals surface area contributed by atoms with Crippen molar-refractivity contribution in [1.82, 2.24) is 46.2 Å². The molecule has 30 heteroatoms. The van der Waals surface area contributed by atoms with Gasteiger partial charge in [-0.2, -0.15) is 0 Å². The van der Waals surface area contributed by atoms with Gasteiger partial charge in [0.25, 0.3) is 0 Å². The number of methoxy groups -OCH3 is 2. The van der Waals surface area contributed by atoms with Crippen LogP contribution in [0.5, 0.6) is 0 Å². The zero-order chi connectivity index (χ0) is 80.2. The standard InChI is InChI=1S/C77H119IN10O18S/c1-17-19-37-77(12,78)107-59-43-62(91)88(73(59)99)38-25-21-24-30-60(89)81-55(40-45(3)4)71(97)79-50(11)69(95)82-54(35-36-63(92)93)70(96)80-53-33-31-52(32-34-53)44-106-76(103)86(14)65(47(7)8)72(98)84-64(46(5)6)74(100)85(13)66(48(9)18-2)58(104-15)42-61(90)87-39-26-29-57(87)67(105-16)49(10)68(94)83-56(75(101)102)41-51-27-22-20-23-28-51/h20,22-23,27-28,31-34,45-50,54-59,64-67H,17-19,21,24-26,29-30,35-44H2,1-16H3,(H,79,97)(H,80,96)(H,81,89)(H,82,95)(H,83,94)(H,84,98)(H,92,93)(H,101,102)/t48-,49+,50-,54-,55+,56-,57-,58+,59?,64-,65-,66-,67+,77?/m0/s1. The predicted octanol–water partition coefficient (Wildman–Crippen LogP) is 8.24. The second kappa shape index (κ2) is 44.9. The van der Waals surface area contributed by atoms with E-state index in [1.165, 1.54) is 50.1 Å². The maximum absolute atomic E-state index is 14.8. The van der Waals surface area contributed by atoms with Crippen molar-refractivity contribution in [2.75, 3.05) is 46.7 Å². The third kappa shape index (κ3) is 28.8. The van der Waals surface area contributed by atoms with Gasteiger partial charge in [0.2, 0.25) is 59.1 Å². The Balaban J connectivity index is 1.33. The molecule has 2 aliphatic rings. The summed E-state index contributed by atoms with van der Waals surface area (Å²) in [6.07, 6.45) is 3.31. The van der Waals surface area contributed by atoms with Gasteiger partial charge in [0, 0.05) is 72.8 Å². The third-order valence-electron chi connectivity index (χ3n) is 19.8. The molecule has 107 heavy (non-hydrogen) atoms. The summed E-state index contributed by atoms with van der Waals surface area (Å²) in [5.74, 6) is -9.38. The lowest BCUT2D eigenvalue weighted by molar-refractivity contribution is -0.148. The molecule has 0 aromatic heterocycles. The lowest BCUT2D eigenvalue weighted by Gasteiger charge is -2.41. The van der Waals surface area contributed by atoms with E-state index in [0.29, 0.717) is 50.6 Å². The highest BCUT2D eigenvalue weighted by Crippen LogP contribution is 2.43. The molecule has 28 nitrogen and oxygen atoms in total. The third-order valence-corrected chi connectivity index (χ3v) is 22.5. The number of carbonyl (C=O) groups is 13. The van der Waals surface area contributed by atoms with Gasteiger partial charge in [-0.25, -0.2) is 9.59 Å². The van der Waals surface area contributed by atoms with Crippen molar-refractivity contribution < 1.29 is 86.8 Å². The first-order chi connectivity index (χ1) is 50.4. The number of aliphatic carboxylic acids is 2. The number of ether oxygens (including phenoxy) is 3. The number of halogens is 1. The topological polar surface area (TPSA) is 375 Å². The summed E-state index contributed by atoms with van der Waals surface area (Å²) in [5.41, 5.74) is 1.44. The summed E-state index contributed by atoms with van der Waals surface area (Å²) in [7, 11) is 5.93. The Morgan fingerprint density at radius 1 is 0.710 bits per heavy atom. The van der Waals surface area contributed by atoms with Crippen LogP contribution in [-0.4, -0.2) is 217 Å². The van der Waals surface area contributed by atoms with E-state index in [-0.39, 0.29) is 89.7 Å². The summed E-state index contributed by atoms with van der Waals surface area (Å²) in [5, 5.41) is 35.4. The number of likely N-dealkylation sites (tertiary alicyclic amines) is 2. The van der Waals surface area contributed by atoms with Crippen LogP contribution in [0.1, 0.15) is 191 Å². The molecule has 0 spiro atoms. The van der Waals surface area contributed by atoms with Crippen molar-refractivity contribution in [1.29, 1.82) is 0 Å². The number of amides is 11. The highest BCUT2D eigenvalue weighted by atomic mass is 127. The molecule has 2 aliphatic heterocycles. The number of nitrogens with one attached hydrogen (secondary N) is 6. The van der Waals surface area contributed by atoms with E-state index in [9.17, 15) is 72.5 Å². The number of unbranched alkanes of at least 4 members (excludes halogenated alkanes) is 3. The minimum absolute atomic E-state index is 0.0477. The van der Waals surface area contributed by atoms with E-state index in [0.717, 1.165) is 29.7 Å². The Hall–Kier alpha value is -7.45. The predicted molar refractivity (Wildman–Crippen MR) is 415 cm³/mol. The van der Waals surface area contributed by atoms with Gasteiger partial charge in [-0.15, -0.1) is 11.8 Å². The minimum atomic E-state index is -1.38. The first-order valence-electron chi connectivity index (χ1n) is 37.5. The number of imide groups is 1. The first kappa shape index (κ1) is 91.9. The van der Waals surface area contributed by atoms with Crippen molar-refractivity contribution in [3.05, 3.63) is 65.7 Å². The average Bonchev–Trinajstić information content (AvgIpc) is 1.80. The average molecular weight is 1630 g/mol. The van der Waals surface area contributed by atoms with E-state index in [1.54, 1.807) is 94.7 Å². The number of likely N-dealkylation sites (N-methyl/N-ethyl adjacent to an activating group) is 2. The number of carbonyl (C=O) groups excluding carboxylic acids is 11. The van der Waals surface area contributed by atoms with Crippen LogP contribution in [0, 0.1) is 29.6 Å². The summed E-state index contributed by atoms with van der Waals surface area (Å²) >= 11 is 3.90. The van der Waals surface area contributed by atoms with Gasteiger partial charge in [-0.05, 0) is 106 Å². The van der Waals surface area contributed by atoms with Crippen LogP contribution in [0.4, 0.5) is 10.5 Å². The highest BCUT2D eigenvalue weighted by molar-refractivity contribution is 14.1. The minimum Gasteiger partial charge on any atom is -0.481 e. The monoisotopic (exact) mass is 1630 g/mol. The number of hydrogen-bond donors (Lipinski definition) is 8. The zero-order valence-electron chi connectivity index (χ0n) is 65.4. The number of nitrogens with zero attached hydrogens (tertiary/aromatic N) is 4. The molecular weight excluding hydrogens is 1510 g/mol. The van der Waals surface area contributed by atoms with Crippen molar-refractivity contribution in [2.45, 2.75) is 261 Å². The Morgan fingerprint density at radius 2 is 1.36 bits per heavy atom. The molecule has 0 aliphatic carbocycles. The molecule has 598 valence electrons. The van der Waals surface area contributed by atoms with Gasteiger partial charge in [-0.3, -0.25) is 62.5 Å². The van der Waals surface area contributed by atoms with Crippen LogP contribution in [0.15, 0.2) is 54.6 Å². The molecule has 2 fully saturated rings. The molecule has 0 bridgehead atoms. The SMILES string of the molecule is CCCCC(C)(I)SC1CC(=O)N(CCCCCC(=O)N[C@H](CC(C)C)C(=O)N[C@@H](C)C(=O)N[C@@H](CCC(=O)O)C(=O)Nc2ccc(COC(=O)N(C)[C@H](C(=O)N[C@H](C(=O)N(C)[C@@H]([C@@H](C)CC)[C@@H](CC(=O)N3CCC[C@H]3[C@H](OC)[C@@H](C)C(=O)N[C@@H](Cc3ccccc3)C(=O)O)OC)C(C)C)C(C)C)cc2)C1=O. The quantitative estimate of drug-likeness (QED) is 0.0134. The molecule has 0 radical (unpaired) electrons. The van der Waals surface area contributed by atoms with Gasteiger partial charge in [0.1, 0.15) is 42.9 Å². The number of rotatable bonds is 46. The van der Waals surface area contributed by atoms with Crippen LogP contribution in [-0.2, 0) is 84.8 Å². The van der Waals surface area contributed by atoms with E-state index in [4.69, 9.17) is 14.2 Å². The van der Waals surface area contributed by atoms with E-state index in [1.807, 2.05) is 33.8 Å². The smallest absolute Gasteiger partial charge is 0.410 e.